The zero-order valence-electron chi connectivity index (χ0n) is 16.0. The van der Waals surface area contributed by atoms with Gasteiger partial charge in [-0.3, -0.25) is 9.59 Å². The molecule has 8 heteroatoms. The van der Waals surface area contributed by atoms with Crippen molar-refractivity contribution in [2.24, 2.45) is 0 Å². The second-order valence-electron chi connectivity index (χ2n) is 6.73. The van der Waals surface area contributed by atoms with Gasteiger partial charge in [0.2, 0.25) is 11.7 Å². The highest BCUT2D eigenvalue weighted by atomic mass is 79.9. The van der Waals surface area contributed by atoms with Crippen LogP contribution in [0.3, 0.4) is 0 Å². The number of anilines is 1. The van der Waals surface area contributed by atoms with Gasteiger partial charge in [0.15, 0.2) is 0 Å². The van der Waals surface area contributed by atoms with Crippen LogP contribution in [0.2, 0.25) is 0 Å². The molecule has 2 aromatic heterocycles. The van der Waals surface area contributed by atoms with Gasteiger partial charge in [-0.2, -0.15) is 4.98 Å². The van der Waals surface area contributed by atoms with Crippen LogP contribution in [0.15, 0.2) is 80.7 Å². The van der Waals surface area contributed by atoms with Crippen LogP contribution in [0.5, 0.6) is 0 Å². The maximum absolute atomic E-state index is 12.4. The normalized spacial score (nSPS) is 10.7. The molecule has 0 unspecified atom stereocenters. The lowest BCUT2D eigenvalue weighted by molar-refractivity contribution is -0.116. The summed E-state index contributed by atoms with van der Waals surface area (Å²) in [6, 6.07) is 17.9. The van der Waals surface area contributed by atoms with E-state index >= 15 is 0 Å². The highest BCUT2D eigenvalue weighted by Crippen LogP contribution is 2.22. The van der Waals surface area contributed by atoms with Gasteiger partial charge < -0.3 is 14.4 Å². The molecule has 2 heterocycles. The number of rotatable bonds is 5. The van der Waals surface area contributed by atoms with Crippen molar-refractivity contribution in [1.82, 2.24) is 14.7 Å². The number of aryl methyl sites for hydroxylation is 1. The van der Waals surface area contributed by atoms with Gasteiger partial charge in [-0.1, -0.05) is 44.8 Å². The number of aromatic nitrogens is 3. The molecule has 150 valence electrons. The third kappa shape index (κ3) is 4.55. The minimum absolute atomic E-state index is 0.137. The van der Waals surface area contributed by atoms with Crippen LogP contribution in [0.25, 0.3) is 22.8 Å². The quantitative estimate of drug-likeness (QED) is 0.476. The van der Waals surface area contributed by atoms with Crippen molar-refractivity contribution in [3.63, 3.8) is 0 Å². The molecule has 0 bridgehead atoms. The molecule has 7 nitrogen and oxygen atoms in total. The smallest absolute Gasteiger partial charge is 0.259 e. The second kappa shape index (κ2) is 8.46. The summed E-state index contributed by atoms with van der Waals surface area (Å²) in [5.74, 6) is 0.413. The van der Waals surface area contributed by atoms with E-state index < -0.39 is 0 Å². The summed E-state index contributed by atoms with van der Waals surface area (Å²) in [5.41, 5.74) is 2.82. The molecule has 0 aliphatic rings. The van der Waals surface area contributed by atoms with Gasteiger partial charge in [0.1, 0.15) is 6.54 Å². The monoisotopic (exact) mass is 464 g/mol. The van der Waals surface area contributed by atoms with Gasteiger partial charge >= 0.3 is 0 Å². The van der Waals surface area contributed by atoms with Crippen molar-refractivity contribution in [2.45, 2.75) is 13.5 Å². The van der Waals surface area contributed by atoms with Crippen LogP contribution in [-0.2, 0) is 11.3 Å². The zero-order valence-corrected chi connectivity index (χ0v) is 17.6. The SMILES string of the molecule is Cc1cccc(-c2noc(-c3ccc(=O)n(CC(=O)Nc4ccc(Br)cc4)c3)n2)c1. The number of benzene rings is 2. The molecule has 4 rings (SSSR count). The number of nitrogens with zero attached hydrogens (tertiary/aromatic N) is 3. The van der Waals surface area contributed by atoms with Crippen molar-refractivity contribution in [3.05, 3.63) is 87.3 Å². The van der Waals surface area contributed by atoms with Crippen molar-refractivity contribution < 1.29 is 9.32 Å². The summed E-state index contributed by atoms with van der Waals surface area (Å²) in [6.45, 7) is 1.85. The predicted molar refractivity (Wildman–Crippen MR) is 117 cm³/mol. The number of amides is 1. The van der Waals surface area contributed by atoms with Gasteiger partial charge in [0, 0.05) is 28.0 Å². The fourth-order valence-corrected chi connectivity index (χ4v) is 3.18. The Morgan fingerprint density at radius 3 is 2.67 bits per heavy atom. The number of carbonyl (C=O) groups excluding carboxylic acids is 1. The third-order valence-corrected chi connectivity index (χ3v) is 4.90. The largest absolute Gasteiger partial charge is 0.334 e. The van der Waals surface area contributed by atoms with Crippen molar-refractivity contribution in [1.29, 1.82) is 0 Å². The molecular weight excluding hydrogens is 448 g/mol. The minimum atomic E-state index is -0.317. The lowest BCUT2D eigenvalue weighted by Gasteiger charge is -2.08. The van der Waals surface area contributed by atoms with Crippen LogP contribution in [-0.4, -0.2) is 20.6 Å². The maximum Gasteiger partial charge on any atom is 0.259 e. The fraction of sp³-hybridized carbons (Fsp3) is 0.0909. The fourth-order valence-electron chi connectivity index (χ4n) is 2.91. The summed E-state index contributed by atoms with van der Waals surface area (Å²) < 4.78 is 7.59. The first-order valence-electron chi connectivity index (χ1n) is 9.15. The predicted octanol–water partition coefficient (Wildman–Crippen LogP) is 4.27. The molecule has 0 atom stereocenters. The summed E-state index contributed by atoms with van der Waals surface area (Å²) in [7, 11) is 0. The average Bonchev–Trinajstić information content (AvgIpc) is 3.22. The molecule has 0 saturated heterocycles. The zero-order chi connectivity index (χ0) is 21.1. The van der Waals surface area contributed by atoms with Crippen LogP contribution < -0.4 is 10.9 Å². The van der Waals surface area contributed by atoms with Gasteiger partial charge in [0.05, 0.1) is 5.56 Å². The summed E-state index contributed by atoms with van der Waals surface area (Å²) in [4.78, 5) is 29.0. The molecule has 0 spiro atoms. The Morgan fingerprint density at radius 2 is 1.90 bits per heavy atom. The molecule has 4 aromatic rings. The highest BCUT2D eigenvalue weighted by Gasteiger charge is 2.13. The molecule has 0 saturated carbocycles. The molecule has 30 heavy (non-hydrogen) atoms. The van der Waals surface area contributed by atoms with E-state index in [2.05, 4.69) is 31.4 Å². The first-order valence-corrected chi connectivity index (χ1v) is 9.94. The third-order valence-electron chi connectivity index (χ3n) is 4.37. The Morgan fingerprint density at radius 1 is 1.10 bits per heavy atom. The van der Waals surface area contributed by atoms with Gasteiger partial charge in [0.25, 0.3) is 11.4 Å². The van der Waals surface area contributed by atoms with Crippen LogP contribution in [0.4, 0.5) is 5.69 Å². The molecule has 2 aromatic carbocycles. The Kier molecular flexibility index (Phi) is 5.58. The highest BCUT2D eigenvalue weighted by molar-refractivity contribution is 9.10. The minimum Gasteiger partial charge on any atom is -0.334 e. The van der Waals surface area contributed by atoms with E-state index in [1.54, 1.807) is 18.2 Å². The van der Waals surface area contributed by atoms with E-state index in [1.807, 2.05) is 43.3 Å². The lowest BCUT2D eigenvalue weighted by Crippen LogP contribution is -2.26. The first-order chi connectivity index (χ1) is 14.5. The van der Waals surface area contributed by atoms with E-state index in [0.717, 1.165) is 15.6 Å². The number of pyridine rings is 1. The molecule has 1 N–H and O–H groups in total. The molecule has 0 fully saturated rings. The molecule has 1 amide bonds. The Balaban J connectivity index is 1.54. The van der Waals surface area contributed by atoms with E-state index in [4.69, 9.17) is 4.52 Å². The number of hydrogen-bond donors (Lipinski definition) is 1. The standard InChI is InChI=1S/C22H17BrN4O3/c1-14-3-2-4-15(11-14)21-25-22(30-26-21)16-5-10-20(29)27(12-16)13-19(28)24-18-8-6-17(23)7-9-18/h2-12H,13H2,1H3,(H,24,28). The Bertz CT molecular complexity index is 1260. The van der Waals surface area contributed by atoms with Crippen molar-refractivity contribution in [2.75, 3.05) is 5.32 Å². The lowest BCUT2D eigenvalue weighted by atomic mass is 10.1. The van der Waals surface area contributed by atoms with Gasteiger partial charge in [-0.15, -0.1) is 0 Å². The Labute approximate surface area is 180 Å². The number of halogens is 1. The molecule has 0 aliphatic carbocycles. The number of nitrogens with one attached hydrogen (secondary N) is 1. The molecular formula is C22H17BrN4O3. The topological polar surface area (TPSA) is 90.0 Å². The van der Waals surface area contributed by atoms with E-state index in [9.17, 15) is 9.59 Å². The van der Waals surface area contributed by atoms with Gasteiger partial charge in [-0.05, 0) is 43.3 Å². The van der Waals surface area contributed by atoms with Crippen LogP contribution in [0.1, 0.15) is 5.56 Å². The van der Waals surface area contributed by atoms with Gasteiger partial charge in [-0.25, -0.2) is 0 Å². The first kappa shape index (κ1) is 19.8. The van der Waals surface area contributed by atoms with Crippen LogP contribution in [0, 0.1) is 6.92 Å². The number of hydrogen-bond acceptors (Lipinski definition) is 5. The summed E-state index contributed by atoms with van der Waals surface area (Å²) in [6.07, 6.45) is 1.54. The van der Waals surface area contributed by atoms with E-state index in [0.29, 0.717) is 17.1 Å². The molecule has 0 radical (unpaired) electrons. The summed E-state index contributed by atoms with van der Waals surface area (Å²) >= 11 is 3.35. The van der Waals surface area contributed by atoms with Crippen LogP contribution >= 0.6 is 15.9 Å². The number of carbonyl (C=O) groups is 1. The average molecular weight is 465 g/mol. The second-order valence-corrected chi connectivity index (χ2v) is 7.65. The van der Waals surface area contributed by atoms with Crippen molar-refractivity contribution in [3.8, 4) is 22.8 Å². The molecule has 0 aliphatic heterocycles. The van der Waals surface area contributed by atoms with Crippen molar-refractivity contribution >= 4 is 27.5 Å². The maximum atomic E-state index is 12.4. The van der Waals surface area contributed by atoms with E-state index in [1.165, 1.54) is 16.8 Å². The Hall–Kier alpha value is -3.52. The summed E-state index contributed by atoms with van der Waals surface area (Å²) in [5, 5.41) is 6.79. The van der Waals surface area contributed by atoms with E-state index in [-0.39, 0.29) is 23.9 Å².